The summed E-state index contributed by atoms with van der Waals surface area (Å²) in [6, 6.07) is 11.6. The third-order valence-corrected chi connectivity index (χ3v) is 5.12. The molecule has 1 amide bonds. The minimum Gasteiger partial charge on any atom is -0.497 e. The molecule has 10 nitrogen and oxygen atoms in total. The van der Waals surface area contributed by atoms with Crippen LogP contribution in [0.15, 0.2) is 48.5 Å². The van der Waals surface area contributed by atoms with E-state index in [1.165, 1.54) is 18.2 Å². The molecule has 0 radical (unpaired) electrons. The summed E-state index contributed by atoms with van der Waals surface area (Å²) in [7, 11) is -2.29. The van der Waals surface area contributed by atoms with E-state index in [2.05, 4.69) is 5.32 Å². The van der Waals surface area contributed by atoms with E-state index < -0.39 is 33.4 Å². The van der Waals surface area contributed by atoms with E-state index >= 15 is 0 Å². The van der Waals surface area contributed by atoms with Crippen molar-refractivity contribution in [2.75, 3.05) is 30.8 Å². The van der Waals surface area contributed by atoms with Gasteiger partial charge in [-0.2, -0.15) is 0 Å². The van der Waals surface area contributed by atoms with Crippen molar-refractivity contribution >= 4 is 27.3 Å². The molecule has 0 fully saturated rings. The van der Waals surface area contributed by atoms with Gasteiger partial charge in [0.15, 0.2) is 0 Å². The molecule has 11 heteroatoms. The first-order valence-electron chi connectivity index (χ1n) is 8.88. The molecule has 0 saturated carbocycles. The molecule has 1 atom stereocenters. The highest BCUT2D eigenvalue weighted by atomic mass is 32.2. The van der Waals surface area contributed by atoms with Gasteiger partial charge in [0.2, 0.25) is 15.9 Å². The van der Waals surface area contributed by atoms with Crippen LogP contribution in [0.25, 0.3) is 0 Å². The first-order chi connectivity index (χ1) is 14.1. The van der Waals surface area contributed by atoms with Crippen LogP contribution in [0.4, 0.5) is 11.4 Å². The third kappa shape index (κ3) is 6.62. The predicted octanol–water partition coefficient (Wildman–Crippen LogP) is 1.95. The molecule has 0 aliphatic rings. The van der Waals surface area contributed by atoms with E-state index in [0.717, 1.165) is 16.6 Å². The highest BCUT2D eigenvalue weighted by molar-refractivity contribution is 7.92. The number of methoxy groups -OCH3 is 1. The van der Waals surface area contributed by atoms with Gasteiger partial charge in [-0.1, -0.05) is 6.07 Å². The van der Waals surface area contributed by atoms with Crippen molar-refractivity contribution < 1.29 is 27.6 Å². The Hall–Kier alpha value is -3.34. The number of nitro benzene ring substituents is 1. The molecule has 2 aromatic carbocycles. The van der Waals surface area contributed by atoms with Crippen molar-refractivity contribution in [3.63, 3.8) is 0 Å². The number of non-ortho nitro benzene ring substituents is 1. The monoisotopic (exact) mass is 437 g/mol. The molecule has 0 bridgehead atoms. The standard InChI is InChI=1S/C19H23N3O7S/c1-14(13-29-18-9-7-17(28-2)8-10-18)20-19(23)12-21(30(3,26)27)15-5-4-6-16(11-15)22(24)25/h4-11,14H,12-13H2,1-3H3,(H,20,23). The van der Waals surface area contributed by atoms with E-state index in [1.54, 1.807) is 38.3 Å². The molecule has 0 spiro atoms. The largest absolute Gasteiger partial charge is 0.497 e. The lowest BCUT2D eigenvalue weighted by Crippen LogP contribution is -2.44. The zero-order chi connectivity index (χ0) is 22.3. The van der Waals surface area contributed by atoms with Crippen molar-refractivity contribution in [2.24, 2.45) is 0 Å². The lowest BCUT2D eigenvalue weighted by Gasteiger charge is -2.23. The molecular weight excluding hydrogens is 414 g/mol. The van der Waals surface area contributed by atoms with Crippen LogP contribution in [0.3, 0.4) is 0 Å². The number of amides is 1. The Bertz CT molecular complexity index is 993. The number of carbonyl (C=O) groups is 1. The van der Waals surface area contributed by atoms with Gasteiger partial charge in [0.1, 0.15) is 24.7 Å². The number of nitro groups is 1. The number of nitrogens with zero attached hydrogens (tertiary/aromatic N) is 2. The molecule has 0 aromatic heterocycles. The second kappa shape index (κ2) is 9.92. The number of carbonyl (C=O) groups excluding carboxylic acids is 1. The number of hydrogen-bond acceptors (Lipinski definition) is 7. The summed E-state index contributed by atoms with van der Waals surface area (Å²) in [5.41, 5.74) is -0.244. The van der Waals surface area contributed by atoms with E-state index in [0.29, 0.717) is 11.5 Å². The first-order valence-corrected chi connectivity index (χ1v) is 10.7. The van der Waals surface area contributed by atoms with E-state index in [1.807, 2.05) is 0 Å². The minimum absolute atomic E-state index is 0.0315. The summed E-state index contributed by atoms with van der Waals surface area (Å²) in [5.74, 6) is 0.703. The highest BCUT2D eigenvalue weighted by Crippen LogP contribution is 2.23. The third-order valence-electron chi connectivity index (χ3n) is 3.98. The minimum atomic E-state index is -3.85. The van der Waals surface area contributed by atoms with E-state index in [4.69, 9.17) is 9.47 Å². The van der Waals surface area contributed by atoms with Crippen LogP contribution in [0.2, 0.25) is 0 Å². The summed E-state index contributed by atoms with van der Waals surface area (Å²) in [6.07, 6.45) is 0.926. The van der Waals surface area contributed by atoms with Gasteiger partial charge in [0.25, 0.3) is 5.69 Å². The van der Waals surface area contributed by atoms with Crippen molar-refractivity contribution in [2.45, 2.75) is 13.0 Å². The second-order valence-corrected chi connectivity index (χ2v) is 8.41. The maximum absolute atomic E-state index is 12.4. The van der Waals surface area contributed by atoms with Gasteiger partial charge in [0, 0.05) is 12.1 Å². The summed E-state index contributed by atoms with van der Waals surface area (Å²) < 4.78 is 35.7. The van der Waals surface area contributed by atoms with Crippen molar-refractivity contribution in [3.8, 4) is 11.5 Å². The Kier molecular flexibility index (Phi) is 7.59. The Balaban J connectivity index is 2.00. The first kappa shape index (κ1) is 22.9. The van der Waals surface area contributed by atoms with Gasteiger partial charge in [0.05, 0.1) is 30.0 Å². The number of benzene rings is 2. The van der Waals surface area contributed by atoms with Crippen LogP contribution in [-0.2, 0) is 14.8 Å². The number of ether oxygens (including phenoxy) is 2. The topological polar surface area (TPSA) is 128 Å². The fourth-order valence-electron chi connectivity index (χ4n) is 2.55. The lowest BCUT2D eigenvalue weighted by molar-refractivity contribution is -0.384. The molecule has 2 rings (SSSR count). The fraction of sp³-hybridized carbons (Fsp3) is 0.316. The number of sulfonamides is 1. The van der Waals surface area contributed by atoms with Crippen molar-refractivity contribution in [1.29, 1.82) is 0 Å². The molecule has 0 saturated heterocycles. The maximum Gasteiger partial charge on any atom is 0.271 e. The number of anilines is 1. The Morgan fingerprint density at radius 3 is 2.40 bits per heavy atom. The molecule has 0 heterocycles. The van der Waals surface area contributed by atoms with Gasteiger partial charge in [-0.3, -0.25) is 19.2 Å². The van der Waals surface area contributed by atoms with Gasteiger partial charge < -0.3 is 14.8 Å². The van der Waals surface area contributed by atoms with E-state index in [9.17, 15) is 23.3 Å². The highest BCUT2D eigenvalue weighted by Gasteiger charge is 2.23. The Labute approximate surface area is 174 Å². The van der Waals surface area contributed by atoms with Gasteiger partial charge in [-0.05, 0) is 37.3 Å². The smallest absolute Gasteiger partial charge is 0.271 e. The average Bonchev–Trinajstić information content (AvgIpc) is 2.70. The Morgan fingerprint density at radius 2 is 1.83 bits per heavy atom. The van der Waals surface area contributed by atoms with E-state index in [-0.39, 0.29) is 18.0 Å². The maximum atomic E-state index is 12.4. The summed E-state index contributed by atoms with van der Waals surface area (Å²) in [6.45, 7) is 1.35. The van der Waals surface area contributed by atoms with Crippen LogP contribution in [-0.4, -0.2) is 51.8 Å². The zero-order valence-corrected chi connectivity index (χ0v) is 17.6. The van der Waals surface area contributed by atoms with Crippen molar-refractivity contribution in [3.05, 3.63) is 58.6 Å². The Morgan fingerprint density at radius 1 is 1.20 bits per heavy atom. The lowest BCUT2D eigenvalue weighted by atomic mass is 10.3. The molecule has 0 aliphatic heterocycles. The van der Waals surface area contributed by atoms with Crippen LogP contribution in [0, 0.1) is 10.1 Å². The molecule has 0 aliphatic carbocycles. The predicted molar refractivity (Wildman–Crippen MR) is 111 cm³/mol. The van der Waals surface area contributed by atoms with Crippen LogP contribution in [0.5, 0.6) is 11.5 Å². The number of nitrogens with one attached hydrogen (secondary N) is 1. The van der Waals surface area contributed by atoms with Crippen LogP contribution < -0.4 is 19.1 Å². The molecule has 2 aromatic rings. The van der Waals surface area contributed by atoms with Gasteiger partial charge in [-0.25, -0.2) is 8.42 Å². The number of hydrogen-bond donors (Lipinski definition) is 1. The van der Waals surface area contributed by atoms with Gasteiger partial charge >= 0.3 is 0 Å². The molecule has 162 valence electrons. The summed E-state index contributed by atoms with van der Waals surface area (Å²) >= 11 is 0. The molecule has 30 heavy (non-hydrogen) atoms. The van der Waals surface area contributed by atoms with Crippen molar-refractivity contribution in [1.82, 2.24) is 5.32 Å². The van der Waals surface area contributed by atoms with Crippen LogP contribution >= 0.6 is 0 Å². The van der Waals surface area contributed by atoms with Gasteiger partial charge in [-0.15, -0.1) is 0 Å². The average molecular weight is 437 g/mol. The quantitative estimate of drug-likeness (QED) is 0.444. The van der Waals surface area contributed by atoms with Crippen LogP contribution in [0.1, 0.15) is 6.92 Å². The second-order valence-electron chi connectivity index (χ2n) is 6.50. The fourth-order valence-corrected chi connectivity index (χ4v) is 3.40. The molecule has 1 N–H and O–H groups in total. The molecule has 1 unspecified atom stereocenters. The normalized spacial score (nSPS) is 12.0. The zero-order valence-electron chi connectivity index (χ0n) is 16.8. The SMILES string of the molecule is COc1ccc(OCC(C)NC(=O)CN(c2cccc([N+](=O)[O-])c2)S(C)(=O)=O)cc1. The molecular formula is C19H23N3O7S. The number of rotatable bonds is 10. The summed E-state index contributed by atoms with van der Waals surface area (Å²) in [4.78, 5) is 22.7. The summed E-state index contributed by atoms with van der Waals surface area (Å²) in [5, 5.41) is 13.6.